The van der Waals surface area contributed by atoms with Crippen molar-refractivity contribution in [3.05, 3.63) is 27.7 Å². The molecule has 0 saturated carbocycles. The molecular formula is C16H23Cl2NO2. The van der Waals surface area contributed by atoms with Crippen LogP contribution in [0, 0.1) is 5.92 Å². The molecule has 1 fully saturated rings. The minimum absolute atomic E-state index is 0.153. The molecule has 3 atom stereocenters. The molecule has 0 amide bonds. The summed E-state index contributed by atoms with van der Waals surface area (Å²) in [6.07, 6.45) is 1.33. The second-order valence-corrected chi connectivity index (χ2v) is 6.23. The van der Waals surface area contributed by atoms with Crippen molar-refractivity contribution >= 4 is 23.2 Å². The van der Waals surface area contributed by atoms with E-state index in [2.05, 4.69) is 19.2 Å². The Hall–Kier alpha value is -0.480. The first kappa shape index (κ1) is 16.9. The summed E-state index contributed by atoms with van der Waals surface area (Å²) in [5.41, 5.74) is 1.02. The lowest BCUT2D eigenvalue weighted by molar-refractivity contribution is 0.117. The molecule has 5 heteroatoms. The van der Waals surface area contributed by atoms with Gasteiger partial charge in [-0.05, 0) is 38.4 Å². The van der Waals surface area contributed by atoms with Gasteiger partial charge in [0, 0.05) is 23.0 Å². The second kappa shape index (κ2) is 7.68. The Morgan fingerprint density at radius 2 is 2.10 bits per heavy atom. The van der Waals surface area contributed by atoms with Crippen LogP contribution in [0.5, 0.6) is 5.75 Å². The first-order valence-corrected chi connectivity index (χ1v) is 8.29. The minimum Gasteiger partial charge on any atom is -0.492 e. The van der Waals surface area contributed by atoms with Crippen molar-refractivity contribution in [1.82, 2.24) is 5.32 Å². The van der Waals surface area contributed by atoms with Gasteiger partial charge in [0.1, 0.15) is 5.75 Å². The van der Waals surface area contributed by atoms with Crippen molar-refractivity contribution in [1.29, 1.82) is 0 Å². The average Bonchev–Trinajstić information content (AvgIpc) is 2.87. The van der Waals surface area contributed by atoms with Gasteiger partial charge in [0.25, 0.3) is 0 Å². The van der Waals surface area contributed by atoms with Gasteiger partial charge in [-0.3, -0.25) is 0 Å². The van der Waals surface area contributed by atoms with Crippen LogP contribution in [0.4, 0.5) is 0 Å². The van der Waals surface area contributed by atoms with E-state index in [1.807, 2.05) is 19.1 Å². The zero-order valence-electron chi connectivity index (χ0n) is 12.8. The number of hydrogen-bond donors (Lipinski definition) is 1. The highest BCUT2D eigenvalue weighted by atomic mass is 35.5. The van der Waals surface area contributed by atoms with Gasteiger partial charge in [-0.1, -0.05) is 30.1 Å². The predicted molar refractivity (Wildman–Crippen MR) is 87.6 cm³/mol. The van der Waals surface area contributed by atoms with Crippen molar-refractivity contribution in [2.24, 2.45) is 5.92 Å². The molecule has 1 aliphatic heterocycles. The van der Waals surface area contributed by atoms with Crippen LogP contribution in [0.3, 0.4) is 0 Å². The summed E-state index contributed by atoms with van der Waals surface area (Å²) >= 11 is 12.8. The summed E-state index contributed by atoms with van der Waals surface area (Å²) in [5.74, 6) is 1.05. The van der Waals surface area contributed by atoms with E-state index in [0.717, 1.165) is 25.1 Å². The number of rotatable bonds is 6. The van der Waals surface area contributed by atoms with E-state index in [1.165, 1.54) is 0 Å². The lowest BCUT2D eigenvalue weighted by atomic mass is 9.91. The van der Waals surface area contributed by atoms with Gasteiger partial charge in [-0.15, -0.1) is 0 Å². The predicted octanol–water partition coefficient (Wildman–Crippen LogP) is 4.47. The summed E-state index contributed by atoms with van der Waals surface area (Å²) in [6.45, 7) is 8.32. The summed E-state index contributed by atoms with van der Waals surface area (Å²) in [7, 11) is 0. The molecule has 21 heavy (non-hydrogen) atoms. The van der Waals surface area contributed by atoms with E-state index in [-0.39, 0.29) is 6.04 Å². The maximum Gasteiger partial charge on any atom is 0.139 e. The smallest absolute Gasteiger partial charge is 0.139 e. The summed E-state index contributed by atoms with van der Waals surface area (Å²) in [6, 6.07) is 3.89. The zero-order valence-corrected chi connectivity index (χ0v) is 14.3. The van der Waals surface area contributed by atoms with Gasteiger partial charge in [-0.25, -0.2) is 0 Å². The van der Waals surface area contributed by atoms with Crippen LogP contribution in [0.1, 0.15) is 38.8 Å². The van der Waals surface area contributed by atoms with Crippen molar-refractivity contribution < 1.29 is 9.47 Å². The van der Waals surface area contributed by atoms with Gasteiger partial charge in [0.05, 0.1) is 24.3 Å². The highest BCUT2D eigenvalue weighted by Gasteiger charge is 2.31. The third-order valence-corrected chi connectivity index (χ3v) is 4.43. The van der Waals surface area contributed by atoms with E-state index < -0.39 is 0 Å². The van der Waals surface area contributed by atoms with E-state index >= 15 is 0 Å². The number of halogens is 2. The molecule has 1 aromatic rings. The monoisotopic (exact) mass is 331 g/mol. The normalized spacial score (nSPS) is 23.3. The van der Waals surface area contributed by atoms with Gasteiger partial charge < -0.3 is 14.8 Å². The minimum atomic E-state index is 0.153. The Morgan fingerprint density at radius 3 is 2.67 bits per heavy atom. The summed E-state index contributed by atoms with van der Waals surface area (Å²) in [4.78, 5) is 0. The largest absolute Gasteiger partial charge is 0.492 e. The Balaban J connectivity index is 2.29. The fraction of sp³-hybridized carbons (Fsp3) is 0.625. The van der Waals surface area contributed by atoms with Crippen molar-refractivity contribution in [2.75, 3.05) is 19.8 Å². The number of nitrogens with one attached hydrogen (secondary N) is 1. The first-order valence-electron chi connectivity index (χ1n) is 7.53. The van der Waals surface area contributed by atoms with Crippen LogP contribution in [0.25, 0.3) is 0 Å². The van der Waals surface area contributed by atoms with E-state index in [0.29, 0.717) is 34.4 Å². The van der Waals surface area contributed by atoms with Gasteiger partial charge >= 0.3 is 0 Å². The molecule has 0 bridgehead atoms. The molecule has 3 nitrogen and oxygen atoms in total. The first-order chi connectivity index (χ1) is 10.1. The average molecular weight is 332 g/mol. The maximum absolute atomic E-state index is 6.46. The second-order valence-electron chi connectivity index (χ2n) is 5.41. The Bertz CT molecular complexity index is 482. The van der Waals surface area contributed by atoms with Crippen LogP contribution >= 0.6 is 23.2 Å². The van der Waals surface area contributed by atoms with Crippen LogP contribution in [0.2, 0.25) is 10.0 Å². The van der Waals surface area contributed by atoms with Crippen molar-refractivity contribution in [3.8, 4) is 5.75 Å². The Kier molecular flexibility index (Phi) is 6.18. The maximum atomic E-state index is 6.46. The number of ether oxygens (including phenoxy) is 2. The van der Waals surface area contributed by atoms with Gasteiger partial charge in [0.2, 0.25) is 0 Å². The molecule has 0 radical (unpaired) electrons. The molecule has 3 unspecified atom stereocenters. The van der Waals surface area contributed by atoms with Gasteiger partial charge in [0.15, 0.2) is 0 Å². The molecule has 1 aromatic carbocycles. The Labute approximate surface area is 136 Å². The number of benzene rings is 1. The molecule has 1 aliphatic rings. The third kappa shape index (κ3) is 4.04. The molecule has 1 saturated heterocycles. The summed E-state index contributed by atoms with van der Waals surface area (Å²) < 4.78 is 11.2. The molecule has 0 aromatic heterocycles. The quantitative estimate of drug-likeness (QED) is 0.834. The molecule has 1 heterocycles. The highest BCUT2D eigenvalue weighted by molar-refractivity contribution is 6.34. The molecule has 0 spiro atoms. The lowest BCUT2D eigenvalue weighted by Crippen LogP contribution is -2.29. The van der Waals surface area contributed by atoms with Crippen molar-refractivity contribution in [3.63, 3.8) is 0 Å². The SMILES string of the molecule is CCNC(c1cc(Cl)c(OCC)cc1Cl)C1COC(C)C1. The Morgan fingerprint density at radius 1 is 1.33 bits per heavy atom. The van der Waals surface area contributed by atoms with Crippen LogP contribution in [-0.4, -0.2) is 25.9 Å². The topological polar surface area (TPSA) is 30.5 Å². The summed E-state index contributed by atoms with van der Waals surface area (Å²) in [5, 5.41) is 4.81. The molecule has 2 rings (SSSR count). The van der Waals surface area contributed by atoms with E-state index in [1.54, 1.807) is 0 Å². The van der Waals surface area contributed by atoms with Crippen LogP contribution in [-0.2, 0) is 4.74 Å². The molecule has 118 valence electrons. The van der Waals surface area contributed by atoms with Gasteiger partial charge in [-0.2, -0.15) is 0 Å². The molecule has 1 N–H and O–H groups in total. The lowest BCUT2D eigenvalue weighted by Gasteiger charge is -2.25. The van der Waals surface area contributed by atoms with Crippen LogP contribution in [0.15, 0.2) is 12.1 Å². The molecular weight excluding hydrogens is 309 g/mol. The fourth-order valence-corrected chi connectivity index (χ4v) is 3.38. The third-order valence-electron chi connectivity index (χ3n) is 3.81. The zero-order chi connectivity index (χ0) is 15.4. The van der Waals surface area contributed by atoms with E-state index in [4.69, 9.17) is 32.7 Å². The van der Waals surface area contributed by atoms with Crippen molar-refractivity contribution in [2.45, 2.75) is 39.3 Å². The standard InChI is InChI=1S/C16H23Cl2NO2/c1-4-19-16(11-6-10(3)21-9-11)12-7-14(18)15(20-5-2)8-13(12)17/h7-8,10-11,16,19H,4-6,9H2,1-3H3. The van der Waals surface area contributed by atoms with E-state index in [9.17, 15) is 0 Å². The molecule has 0 aliphatic carbocycles. The highest BCUT2D eigenvalue weighted by Crippen LogP contribution is 2.39. The number of hydrogen-bond acceptors (Lipinski definition) is 3. The fourth-order valence-electron chi connectivity index (χ4n) is 2.88. The van der Waals surface area contributed by atoms with Crippen LogP contribution < -0.4 is 10.1 Å².